The van der Waals surface area contributed by atoms with Crippen molar-refractivity contribution < 1.29 is 0 Å². The van der Waals surface area contributed by atoms with E-state index in [0.717, 1.165) is 11.6 Å². The van der Waals surface area contributed by atoms with E-state index >= 15 is 0 Å². The predicted octanol–water partition coefficient (Wildman–Crippen LogP) is 3.42. The van der Waals surface area contributed by atoms with Crippen molar-refractivity contribution in [2.45, 2.75) is 52.0 Å². The van der Waals surface area contributed by atoms with Crippen LogP contribution < -0.4 is 5.32 Å². The molecule has 1 aliphatic carbocycles. The molecule has 4 nitrogen and oxygen atoms in total. The van der Waals surface area contributed by atoms with Gasteiger partial charge in [-0.05, 0) is 37.3 Å². The molecule has 0 saturated heterocycles. The summed E-state index contributed by atoms with van der Waals surface area (Å²) < 4.78 is 1.86. The summed E-state index contributed by atoms with van der Waals surface area (Å²) in [5, 5.41) is 8.06. The van der Waals surface area contributed by atoms with Crippen LogP contribution in [-0.4, -0.2) is 20.6 Å². The molecule has 1 N–H and O–H groups in total. The Morgan fingerprint density at radius 3 is 2.95 bits per heavy atom. The average Bonchev–Trinajstić information content (AvgIpc) is 2.66. The maximum atomic E-state index is 4.55. The lowest BCUT2D eigenvalue weighted by molar-refractivity contribution is 0.454. The zero-order valence-electron chi connectivity index (χ0n) is 11.8. The first kappa shape index (κ1) is 12.5. The highest BCUT2D eigenvalue weighted by atomic mass is 15.3. The fourth-order valence-corrected chi connectivity index (χ4v) is 2.92. The Balaban J connectivity index is 1.80. The van der Waals surface area contributed by atoms with E-state index in [2.05, 4.69) is 35.3 Å². The van der Waals surface area contributed by atoms with Gasteiger partial charge in [-0.1, -0.05) is 32.3 Å². The van der Waals surface area contributed by atoms with Crippen molar-refractivity contribution in [3.63, 3.8) is 0 Å². The highest BCUT2D eigenvalue weighted by Gasteiger charge is 2.20. The van der Waals surface area contributed by atoms with Crippen molar-refractivity contribution in [1.82, 2.24) is 14.6 Å². The molecule has 2 aromatic heterocycles. The minimum absolute atomic E-state index is 0.515. The molecule has 2 heterocycles. The highest BCUT2D eigenvalue weighted by Crippen LogP contribution is 2.25. The van der Waals surface area contributed by atoms with Gasteiger partial charge in [-0.3, -0.25) is 0 Å². The van der Waals surface area contributed by atoms with Crippen molar-refractivity contribution >= 4 is 11.6 Å². The number of fused-ring (bicyclic) bond motifs is 1. The van der Waals surface area contributed by atoms with Crippen molar-refractivity contribution in [2.24, 2.45) is 5.92 Å². The molecular weight excluding hydrogens is 236 g/mol. The number of aromatic nitrogens is 3. The number of rotatable bonds is 2. The topological polar surface area (TPSA) is 42.2 Å². The second kappa shape index (κ2) is 5.19. The molecule has 0 radical (unpaired) electrons. The molecular formula is C15H22N4. The number of anilines is 1. The van der Waals surface area contributed by atoms with Crippen molar-refractivity contribution in [1.29, 1.82) is 0 Å². The Hall–Kier alpha value is -1.58. The Morgan fingerprint density at radius 2 is 2.05 bits per heavy atom. The predicted molar refractivity (Wildman–Crippen MR) is 77.4 cm³/mol. The van der Waals surface area contributed by atoms with Gasteiger partial charge in [0.2, 0.25) is 5.95 Å². The smallest absolute Gasteiger partial charge is 0.243 e. The normalized spacial score (nSPS) is 24.3. The van der Waals surface area contributed by atoms with Crippen LogP contribution in [0.2, 0.25) is 0 Å². The molecule has 1 fully saturated rings. The van der Waals surface area contributed by atoms with E-state index in [4.69, 9.17) is 0 Å². The van der Waals surface area contributed by atoms with Gasteiger partial charge in [-0.25, -0.2) is 4.52 Å². The third-order valence-electron chi connectivity index (χ3n) is 4.15. The molecule has 2 atom stereocenters. The van der Waals surface area contributed by atoms with Crippen molar-refractivity contribution in [3.05, 3.63) is 23.9 Å². The third kappa shape index (κ3) is 2.72. The number of hydrogen-bond donors (Lipinski definition) is 1. The Morgan fingerprint density at radius 1 is 1.21 bits per heavy atom. The molecule has 2 aromatic rings. The lowest BCUT2D eigenvalue weighted by atomic mass is 9.97. The summed E-state index contributed by atoms with van der Waals surface area (Å²) in [7, 11) is 0. The van der Waals surface area contributed by atoms with Gasteiger partial charge in [0.05, 0.1) is 0 Å². The first-order chi connectivity index (χ1) is 9.22. The number of nitrogens with one attached hydrogen (secondary N) is 1. The van der Waals surface area contributed by atoms with Crippen LogP contribution in [0.4, 0.5) is 5.95 Å². The zero-order chi connectivity index (χ0) is 13.2. The van der Waals surface area contributed by atoms with Crippen LogP contribution in [-0.2, 0) is 0 Å². The van der Waals surface area contributed by atoms with Crippen LogP contribution in [0.3, 0.4) is 0 Å². The number of aryl methyl sites for hydroxylation is 1. The maximum Gasteiger partial charge on any atom is 0.243 e. The summed E-state index contributed by atoms with van der Waals surface area (Å²) in [6.45, 7) is 4.41. The number of pyridine rings is 1. The lowest BCUT2D eigenvalue weighted by Gasteiger charge is -2.21. The molecule has 0 bridgehead atoms. The molecule has 0 amide bonds. The monoisotopic (exact) mass is 258 g/mol. The summed E-state index contributed by atoms with van der Waals surface area (Å²) >= 11 is 0. The van der Waals surface area contributed by atoms with E-state index in [1.165, 1.54) is 37.7 Å². The van der Waals surface area contributed by atoms with Crippen LogP contribution in [0.25, 0.3) is 5.65 Å². The first-order valence-electron chi connectivity index (χ1n) is 7.32. The first-order valence-corrected chi connectivity index (χ1v) is 7.32. The van der Waals surface area contributed by atoms with Crippen LogP contribution in [0, 0.1) is 12.8 Å². The molecule has 0 aliphatic heterocycles. The Bertz CT molecular complexity index is 560. The van der Waals surface area contributed by atoms with Crippen LogP contribution in [0.15, 0.2) is 18.3 Å². The van der Waals surface area contributed by atoms with Gasteiger partial charge in [-0.2, -0.15) is 4.98 Å². The zero-order valence-corrected chi connectivity index (χ0v) is 11.8. The third-order valence-corrected chi connectivity index (χ3v) is 4.15. The van der Waals surface area contributed by atoms with E-state index < -0.39 is 0 Å². The number of hydrogen-bond acceptors (Lipinski definition) is 3. The summed E-state index contributed by atoms with van der Waals surface area (Å²) in [5.41, 5.74) is 2.11. The van der Waals surface area contributed by atoms with Crippen LogP contribution >= 0.6 is 0 Å². The van der Waals surface area contributed by atoms with Gasteiger partial charge in [0.25, 0.3) is 0 Å². The quantitative estimate of drug-likeness (QED) is 0.839. The Kier molecular flexibility index (Phi) is 3.40. The van der Waals surface area contributed by atoms with Gasteiger partial charge < -0.3 is 5.32 Å². The summed E-state index contributed by atoms with van der Waals surface area (Å²) in [6, 6.07) is 4.60. The second-order valence-electron chi connectivity index (χ2n) is 5.81. The van der Waals surface area contributed by atoms with E-state index in [0.29, 0.717) is 12.0 Å². The molecule has 1 aliphatic rings. The summed E-state index contributed by atoms with van der Waals surface area (Å²) in [6.07, 6.45) is 8.59. The Labute approximate surface area is 114 Å². The van der Waals surface area contributed by atoms with E-state index in [9.17, 15) is 0 Å². The molecule has 19 heavy (non-hydrogen) atoms. The van der Waals surface area contributed by atoms with Gasteiger partial charge in [0.1, 0.15) is 0 Å². The molecule has 4 heteroatoms. The van der Waals surface area contributed by atoms with Gasteiger partial charge in [0, 0.05) is 12.2 Å². The van der Waals surface area contributed by atoms with E-state index in [1.807, 2.05) is 16.8 Å². The molecule has 1 saturated carbocycles. The highest BCUT2D eigenvalue weighted by molar-refractivity contribution is 5.44. The number of nitrogens with zero attached hydrogens (tertiary/aromatic N) is 3. The molecule has 0 aromatic carbocycles. The van der Waals surface area contributed by atoms with Crippen molar-refractivity contribution in [2.75, 3.05) is 5.32 Å². The standard InChI is InChI=1S/C15H22N4/c1-11-8-9-14-17-15(18-19(14)10-11)16-13-7-5-3-4-6-12(13)2/h8-10,12-13H,3-7H2,1-2H3,(H,16,18). The van der Waals surface area contributed by atoms with Crippen LogP contribution in [0.5, 0.6) is 0 Å². The van der Waals surface area contributed by atoms with Crippen molar-refractivity contribution in [3.8, 4) is 0 Å². The SMILES string of the molecule is Cc1ccc2nc(NC3CCCCCC3C)nn2c1. The van der Waals surface area contributed by atoms with Gasteiger partial charge in [-0.15, -0.1) is 5.10 Å². The molecule has 2 unspecified atom stereocenters. The second-order valence-corrected chi connectivity index (χ2v) is 5.81. The molecule has 0 spiro atoms. The van der Waals surface area contributed by atoms with Gasteiger partial charge >= 0.3 is 0 Å². The molecule has 3 rings (SSSR count). The largest absolute Gasteiger partial charge is 0.350 e. The molecule has 102 valence electrons. The van der Waals surface area contributed by atoms with Gasteiger partial charge in [0.15, 0.2) is 5.65 Å². The minimum atomic E-state index is 0.515. The van der Waals surface area contributed by atoms with Crippen LogP contribution in [0.1, 0.15) is 44.6 Å². The lowest BCUT2D eigenvalue weighted by Crippen LogP contribution is -2.26. The fraction of sp³-hybridized carbons (Fsp3) is 0.600. The average molecular weight is 258 g/mol. The van der Waals surface area contributed by atoms with E-state index in [-0.39, 0.29) is 0 Å². The minimum Gasteiger partial charge on any atom is -0.350 e. The summed E-state index contributed by atoms with van der Waals surface area (Å²) in [4.78, 5) is 4.55. The van der Waals surface area contributed by atoms with E-state index in [1.54, 1.807) is 0 Å². The fourth-order valence-electron chi connectivity index (χ4n) is 2.92. The maximum absolute atomic E-state index is 4.55. The summed E-state index contributed by atoms with van der Waals surface area (Å²) in [5.74, 6) is 1.47.